The molecule has 4 fully saturated rings. The topological polar surface area (TPSA) is 63.6 Å². The third kappa shape index (κ3) is 2.97. The van der Waals surface area contributed by atoms with Gasteiger partial charge in [0, 0.05) is 18.8 Å². The van der Waals surface area contributed by atoms with Crippen LogP contribution in [0.5, 0.6) is 0 Å². The van der Waals surface area contributed by atoms with Crippen molar-refractivity contribution in [2.45, 2.75) is 84.7 Å². The van der Waals surface area contributed by atoms with Gasteiger partial charge >= 0.3 is 5.97 Å². The molecule has 4 aliphatic rings. The minimum Gasteiger partial charge on any atom is -0.469 e. The Hall–Kier alpha value is -0.900. The summed E-state index contributed by atoms with van der Waals surface area (Å²) < 4.78 is 4.92. The van der Waals surface area contributed by atoms with Crippen molar-refractivity contribution in [2.75, 3.05) is 7.11 Å². The van der Waals surface area contributed by atoms with Gasteiger partial charge in [-0.3, -0.25) is 9.59 Å². The molecule has 28 heavy (non-hydrogen) atoms. The zero-order valence-electron chi connectivity index (χ0n) is 18.1. The second kappa shape index (κ2) is 7.11. The molecule has 0 aromatic heterocycles. The van der Waals surface area contributed by atoms with Crippen LogP contribution < -0.4 is 0 Å². The van der Waals surface area contributed by atoms with Gasteiger partial charge in [-0.1, -0.05) is 20.8 Å². The van der Waals surface area contributed by atoms with Crippen molar-refractivity contribution >= 4 is 11.8 Å². The van der Waals surface area contributed by atoms with Gasteiger partial charge < -0.3 is 9.84 Å². The van der Waals surface area contributed by atoms with Crippen molar-refractivity contribution < 1.29 is 19.4 Å². The van der Waals surface area contributed by atoms with E-state index in [0.29, 0.717) is 48.2 Å². The van der Waals surface area contributed by atoms with E-state index >= 15 is 0 Å². The van der Waals surface area contributed by atoms with Crippen LogP contribution in [0.4, 0.5) is 0 Å². The van der Waals surface area contributed by atoms with Crippen molar-refractivity contribution in [2.24, 2.45) is 46.3 Å². The first kappa shape index (κ1) is 20.4. The predicted molar refractivity (Wildman–Crippen MR) is 107 cm³/mol. The van der Waals surface area contributed by atoms with Crippen molar-refractivity contribution in [3.8, 4) is 0 Å². The number of esters is 1. The van der Waals surface area contributed by atoms with Crippen molar-refractivity contribution in [1.29, 1.82) is 0 Å². The summed E-state index contributed by atoms with van der Waals surface area (Å²) in [7, 11) is 1.47. The van der Waals surface area contributed by atoms with E-state index in [1.54, 1.807) is 0 Å². The highest BCUT2D eigenvalue weighted by atomic mass is 16.5. The Morgan fingerprint density at radius 2 is 1.82 bits per heavy atom. The Balaban J connectivity index is 1.58. The number of hydrogen-bond acceptors (Lipinski definition) is 4. The molecule has 4 saturated carbocycles. The highest BCUT2D eigenvalue weighted by molar-refractivity contribution is 5.83. The molecule has 0 aromatic rings. The molecule has 158 valence electrons. The number of ketones is 1. The van der Waals surface area contributed by atoms with E-state index < -0.39 is 0 Å². The summed E-state index contributed by atoms with van der Waals surface area (Å²) >= 11 is 0. The average Bonchev–Trinajstić information content (AvgIpc) is 3.00. The Morgan fingerprint density at radius 3 is 2.54 bits per heavy atom. The van der Waals surface area contributed by atoms with Gasteiger partial charge in [-0.05, 0) is 85.4 Å². The van der Waals surface area contributed by atoms with Crippen molar-refractivity contribution in [1.82, 2.24) is 0 Å². The van der Waals surface area contributed by atoms with E-state index in [4.69, 9.17) is 4.74 Å². The summed E-state index contributed by atoms with van der Waals surface area (Å²) in [5.74, 6) is 2.69. The second-order valence-corrected chi connectivity index (χ2v) is 11.0. The fourth-order valence-corrected chi connectivity index (χ4v) is 8.37. The largest absolute Gasteiger partial charge is 0.469 e. The molecule has 0 radical (unpaired) electrons. The van der Waals surface area contributed by atoms with E-state index in [1.807, 2.05) is 0 Å². The van der Waals surface area contributed by atoms with Gasteiger partial charge in [0.1, 0.15) is 5.78 Å². The van der Waals surface area contributed by atoms with Crippen LogP contribution in [0.2, 0.25) is 0 Å². The molecular weight excluding hydrogens is 352 g/mol. The van der Waals surface area contributed by atoms with Crippen LogP contribution in [0, 0.1) is 46.3 Å². The molecule has 9 atom stereocenters. The molecule has 0 saturated heterocycles. The number of methoxy groups -OCH3 is 1. The first-order valence-corrected chi connectivity index (χ1v) is 11.5. The average molecular weight is 391 g/mol. The third-order valence-electron chi connectivity index (χ3n) is 9.92. The summed E-state index contributed by atoms with van der Waals surface area (Å²) in [6.07, 6.45) is 8.29. The van der Waals surface area contributed by atoms with Gasteiger partial charge in [0.2, 0.25) is 0 Å². The molecule has 4 aliphatic carbocycles. The highest BCUT2D eigenvalue weighted by Gasteiger charge is 2.63. The summed E-state index contributed by atoms with van der Waals surface area (Å²) in [4.78, 5) is 25.2. The molecule has 3 unspecified atom stereocenters. The standard InChI is InChI=1S/C24H38O4/c1-14(11-21(27)28-4)17-5-6-18-22-19(8-10-24(17,18)3)23(2)9-7-16(25)12-15(23)13-20(22)26/h14-19,22,25H,5-13H2,1-4H3/t14-,15+,16-,17-,18?,19?,22?,23+,24-/m1/s1. The zero-order valence-corrected chi connectivity index (χ0v) is 18.1. The lowest BCUT2D eigenvalue weighted by Gasteiger charge is -2.60. The maximum atomic E-state index is 13.4. The molecule has 0 heterocycles. The predicted octanol–water partition coefficient (Wildman–Crippen LogP) is 4.38. The maximum absolute atomic E-state index is 13.4. The fraction of sp³-hybridized carbons (Fsp3) is 0.917. The molecular formula is C24H38O4. The monoisotopic (exact) mass is 390 g/mol. The van der Waals surface area contributed by atoms with Crippen molar-refractivity contribution in [3.63, 3.8) is 0 Å². The van der Waals surface area contributed by atoms with E-state index in [0.717, 1.165) is 38.5 Å². The molecule has 0 aromatic carbocycles. The van der Waals surface area contributed by atoms with Gasteiger partial charge in [-0.25, -0.2) is 0 Å². The van der Waals surface area contributed by atoms with Gasteiger partial charge in [-0.15, -0.1) is 0 Å². The van der Waals surface area contributed by atoms with Gasteiger partial charge in [0.25, 0.3) is 0 Å². The van der Waals surface area contributed by atoms with Gasteiger partial charge in [-0.2, -0.15) is 0 Å². The van der Waals surface area contributed by atoms with Crippen molar-refractivity contribution in [3.05, 3.63) is 0 Å². The molecule has 4 heteroatoms. The lowest BCUT2D eigenvalue weighted by molar-refractivity contribution is -0.161. The molecule has 1 N–H and O–H groups in total. The fourth-order valence-electron chi connectivity index (χ4n) is 8.37. The SMILES string of the molecule is COC(=O)C[C@@H](C)[C@H]1CCC2C3C(=O)C[C@@H]4C[C@H](O)CC[C@]4(C)C3CC[C@@]21C. The van der Waals surface area contributed by atoms with Crippen LogP contribution in [0.3, 0.4) is 0 Å². The number of hydrogen-bond donors (Lipinski definition) is 1. The molecule has 4 nitrogen and oxygen atoms in total. The highest BCUT2D eigenvalue weighted by Crippen LogP contribution is 2.67. The second-order valence-electron chi connectivity index (χ2n) is 11.0. The van der Waals surface area contributed by atoms with Gasteiger partial charge in [0.05, 0.1) is 13.2 Å². The Morgan fingerprint density at radius 1 is 1.14 bits per heavy atom. The summed E-state index contributed by atoms with van der Waals surface area (Å²) in [6.45, 7) is 7.03. The minimum atomic E-state index is -0.216. The quantitative estimate of drug-likeness (QED) is 0.726. The number of aliphatic hydroxyl groups is 1. The minimum absolute atomic E-state index is 0.113. The smallest absolute Gasteiger partial charge is 0.305 e. The van der Waals surface area contributed by atoms with Crippen LogP contribution in [0.25, 0.3) is 0 Å². The summed E-state index contributed by atoms with van der Waals surface area (Å²) in [5, 5.41) is 10.2. The lowest BCUT2D eigenvalue weighted by Crippen LogP contribution is -2.57. The maximum Gasteiger partial charge on any atom is 0.305 e. The molecule has 0 spiro atoms. The number of carbonyl (C=O) groups is 2. The Bertz CT molecular complexity index is 645. The number of ether oxygens (including phenoxy) is 1. The van der Waals surface area contributed by atoms with Crippen LogP contribution in [-0.4, -0.2) is 30.1 Å². The molecule has 4 rings (SSSR count). The van der Waals surface area contributed by atoms with Gasteiger partial charge in [0.15, 0.2) is 0 Å². The van der Waals surface area contributed by atoms with Crippen LogP contribution in [-0.2, 0) is 14.3 Å². The molecule has 0 amide bonds. The molecule has 0 aliphatic heterocycles. The van der Waals surface area contributed by atoms with E-state index in [2.05, 4.69) is 20.8 Å². The van der Waals surface area contributed by atoms with E-state index in [9.17, 15) is 14.7 Å². The normalized spacial score (nSPS) is 49.0. The number of Topliss-reactive ketones (excluding diaryl/α,β-unsaturated/α-hetero) is 1. The van der Waals surface area contributed by atoms with Crippen LogP contribution >= 0.6 is 0 Å². The molecule has 0 bridgehead atoms. The Labute approximate surface area is 169 Å². The Kier molecular flexibility index (Phi) is 5.17. The van der Waals surface area contributed by atoms with Crippen LogP contribution in [0.15, 0.2) is 0 Å². The summed E-state index contributed by atoms with van der Waals surface area (Å²) in [6, 6.07) is 0. The zero-order chi connectivity index (χ0) is 20.3. The number of carbonyl (C=O) groups excluding carboxylic acids is 2. The number of rotatable bonds is 3. The van der Waals surface area contributed by atoms with E-state index in [1.165, 1.54) is 13.5 Å². The number of fused-ring (bicyclic) bond motifs is 5. The summed E-state index contributed by atoms with van der Waals surface area (Å²) in [5.41, 5.74) is 0.385. The first-order valence-electron chi connectivity index (χ1n) is 11.5. The third-order valence-corrected chi connectivity index (χ3v) is 9.92. The van der Waals surface area contributed by atoms with Crippen LogP contribution in [0.1, 0.15) is 78.6 Å². The van der Waals surface area contributed by atoms with E-state index in [-0.39, 0.29) is 28.8 Å². The first-order chi connectivity index (χ1) is 13.2. The lowest BCUT2D eigenvalue weighted by atomic mass is 9.44. The number of aliphatic hydroxyl groups excluding tert-OH is 1.